The van der Waals surface area contributed by atoms with E-state index in [1.807, 2.05) is 18.2 Å². The first-order chi connectivity index (χ1) is 12.7. The molecule has 0 bridgehead atoms. The summed E-state index contributed by atoms with van der Waals surface area (Å²) in [5, 5.41) is 3.35. The van der Waals surface area contributed by atoms with Gasteiger partial charge in [-0.1, -0.05) is 19.8 Å². The summed E-state index contributed by atoms with van der Waals surface area (Å²) in [6, 6.07) is 5.47. The molecule has 26 heavy (non-hydrogen) atoms. The quantitative estimate of drug-likeness (QED) is 0.483. The summed E-state index contributed by atoms with van der Waals surface area (Å²) in [5.74, 6) is 1.64. The number of anilines is 1. The highest BCUT2D eigenvalue weighted by molar-refractivity contribution is 7.99. The molecule has 1 saturated heterocycles. The number of unbranched alkanes of at least 4 members (excludes halogenated alkanes) is 2. The van der Waals surface area contributed by atoms with Gasteiger partial charge in [-0.05, 0) is 24.6 Å². The van der Waals surface area contributed by atoms with E-state index < -0.39 is 0 Å². The molecule has 0 aliphatic carbocycles. The molecule has 2 aromatic rings. The van der Waals surface area contributed by atoms with Crippen molar-refractivity contribution in [3.63, 3.8) is 0 Å². The van der Waals surface area contributed by atoms with Crippen LogP contribution in [-0.2, 0) is 9.53 Å². The van der Waals surface area contributed by atoms with Crippen molar-refractivity contribution in [2.45, 2.75) is 32.2 Å². The largest absolute Gasteiger partial charge is 0.464 e. The Hall–Kier alpha value is -1.93. The van der Waals surface area contributed by atoms with Gasteiger partial charge in [-0.3, -0.25) is 9.69 Å². The van der Waals surface area contributed by atoms with Crippen LogP contribution in [0.5, 0.6) is 0 Å². The van der Waals surface area contributed by atoms with Crippen molar-refractivity contribution in [2.75, 3.05) is 36.6 Å². The fourth-order valence-corrected chi connectivity index (χ4v) is 4.10. The number of carbonyl (C=O) groups excluding carboxylic acids is 1. The van der Waals surface area contributed by atoms with Crippen molar-refractivity contribution in [1.29, 1.82) is 0 Å². The van der Waals surface area contributed by atoms with E-state index in [1.165, 1.54) is 0 Å². The number of esters is 1. The summed E-state index contributed by atoms with van der Waals surface area (Å²) in [6.45, 7) is 4.05. The predicted molar refractivity (Wildman–Crippen MR) is 106 cm³/mol. The topological polar surface area (TPSA) is 90.2 Å². The number of aromatic nitrogens is 2. The monoisotopic (exact) mass is 378 g/mol. The van der Waals surface area contributed by atoms with Gasteiger partial charge in [0, 0.05) is 23.7 Å². The maximum absolute atomic E-state index is 12.4. The molecule has 3 N–H and O–H groups in total. The molecule has 7 nitrogen and oxygen atoms in total. The Bertz CT molecular complexity index is 788. The Morgan fingerprint density at radius 2 is 2.19 bits per heavy atom. The van der Waals surface area contributed by atoms with Gasteiger partial charge >= 0.3 is 11.7 Å². The zero-order valence-electron chi connectivity index (χ0n) is 15.0. The van der Waals surface area contributed by atoms with Crippen LogP contribution in [0.25, 0.3) is 11.0 Å². The zero-order valence-corrected chi connectivity index (χ0v) is 15.9. The lowest BCUT2D eigenvalue weighted by atomic mass is 10.2. The normalized spacial score (nSPS) is 18.1. The first-order valence-electron chi connectivity index (χ1n) is 9.11. The van der Waals surface area contributed by atoms with Crippen LogP contribution >= 0.6 is 11.8 Å². The second-order valence-corrected chi connectivity index (χ2v) is 7.60. The van der Waals surface area contributed by atoms with E-state index in [0.29, 0.717) is 13.3 Å². The standard InChI is InChI=1S/C18H26N4O3S/c1-2-3-4-8-25-17(23)16-11-26-9-7-22(16)12-19-13-5-6-14-15(10-13)21-18(24)20-14/h5-6,10,16,19H,2-4,7-9,11-12H2,1H3,(H2,20,21,24). The van der Waals surface area contributed by atoms with E-state index in [4.69, 9.17) is 4.74 Å². The van der Waals surface area contributed by atoms with Gasteiger partial charge in [-0.25, -0.2) is 4.79 Å². The van der Waals surface area contributed by atoms with E-state index in [-0.39, 0.29) is 17.7 Å². The number of nitrogens with zero attached hydrogens (tertiary/aromatic N) is 1. The highest BCUT2D eigenvalue weighted by Gasteiger charge is 2.30. The van der Waals surface area contributed by atoms with E-state index in [1.54, 1.807) is 11.8 Å². The summed E-state index contributed by atoms with van der Waals surface area (Å²) in [7, 11) is 0. The number of imidazole rings is 1. The molecule has 1 fully saturated rings. The minimum Gasteiger partial charge on any atom is -0.464 e. The third-order valence-electron chi connectivity index (χ3n) is 4.51. The Labute approximate surface area is 156 Å². The molecule has 142 valence electrons. The lowest BCUT2D eigenvalue weighted by molar-refractivity contribution is -0.149. The number of hydrogen-bond acceptors (Lipinski definition) is 6. The second-order valence-electron chi connectivity index (χ2n) is 6.45. The fraction of sp³-hybridized carbons (Fsp3) is 0.556. The van der Waals surface area contributed by atoms with Crippen LogP contribution in [0, 0.1) is 0 Å². The van der Waals surface area contributed by atoms with Crippen LogP contribution in [0.1, 0.15) is 26.2 Å². The van der Waals surface area contributed by atoms with Crippen LogP contribution in [0.4, 0.5) is 5.69 Å². The smallest absolute Gasteiger partial charge is 0.324 e. The fourth-order valence-electron chi connectivity index (χ4n) is 3.00. The molecule has 8 heteroatoms. The van der Waals surface area contributed by atoms with Gasteiger partial charge in [0.2, 0.25) is 0 Å². The summed E-state index contributed by atoms with van der Waals surface area (Å²) in [6.07, 6.45) is 3.13. The summed E-state index contributed by atoms with van der Waals surface area (Å²) < 4.78 is 5.46. The van der Waals surface area contributed by atoms with Crippen LogP contribution < -0.4 is 11.0 Å². The lowest BCUT2D eigenvalue weighted by Crippen LogP contribution is -2.49. The first kappa shape index (κ1) is 18.8. The molecule has 2 heterocycles. The number of carbonyl (C=O) groups is 1. The third-order valence-corrected chi connectivity index (χ3v) is 5.53. The zero-order chi connectivity index (χ0) is 18.4. The van der Waals surface area contributed by atoms with Crippen LogP contribution in [-0.4, -0.2) is 58.2 Å². The molecular weight excluding hydrogens is 352 g/mol. The van der Waals surface area contributed by atoms with E-state index in [0.717, 1.165) is 54.0 Å². The number of nitrogens with one attached hydrogen (secondary N) is 3. The number of ether oxygens (including phenoxy) is 1. The minimum atomic E-state index is -0.212. The Kier molecular flexibility index (Phi) is 6.62. The highest BCUT2D eigenvalue weighted by Crippen LogP contribution is 2.19. The van der Waals surface area contributed by atoms with Crippen LogP contribution in [0.15, 0.2) is 23.0 Å². The van der Waals surface area contributed by atoms with Crippen LogP contribution in [0.3, 0.4) is 0 Å². The first-order valence-corrected chi connectivity index (χ1v) is 10.3. The number of hydrogen-bond donors (Lipinski definition) is 3. The molecule has 0 radical (unpaired) electrons. The summed E-state index contributed by atoms with van der Waals surface area (Å²) in [5.41, 5.74) is 2.24. The van der Waals surface area contributed by atoms with Gasteiger partial charge in [0.1, 0.15) is 6.04 Å². The number of thioether (sulfide) groups is 1. The lowest BCUT2D eigenvalue weighted by Gasteiger charge is -2.33. The van der Waals surface area contributed by atoms with Gasteiger partial charge in [0.05, 0.1) is 24.3 Å². The molecule has 0 saturated carbocycles. The van der Waals surface area contributed by atoms with Gasteiger partial charge in [-0.2, -0.15) is 11.8 Å². The van der Waals surface area contributed by atoms with Crippen molar-refractivity contribution in [1.82, 2.24) is 14.9 Å². The van der Waals surface area contributed by atoms with Crippen molar-refractivity contribution < 1.29 is 9.53 Å². The molecule has 1 aromatic heterocycles. The maximum atomic E-state index is 12.4. The summed E-state index contributed by atoms with van der Waals surface area (Å²) >= 11 is 1.79. The predicted octanol–water partition coefficient (Wildman–Crippen LogP) is 2.38. The number of benzene rings is 1. The van der Waals surface area contributed by atoms with Gasteiger partial charge in [-0.15, -0.1) is 0 Å². The number of rotatable bonds is 8. The molecule has 1 aromatic carbocycles. The number of aromatic amines is 2. The Morgan fingerprint density at radius 3 is 3.04 bits per heavy atom. The second kappa shape index (κ2) is 9.14. The SMILES string of the molecule is CCCCCOC(=O)C1CSCCN1CNc1ccc2[nH]c(=O)[nH]c2c1. The summed E-state index contributed by atoms with van der Waals surface area (Å²) in [4.78, 5) is 31.4. The van der Waals surface area contributed by atoms with Gasteiger partial charge in [0.25, 0.3) is 0 Å². The average molecular weight is 378 g/mol. The molecule has 1 unspecified atom stereocenters. The van der Waals surface area contributed by atoms with Crippen LogP contribution in [0.2, 0.25) is 0 Å². The van der Waals surface area contributed by atoms with Crippen molar-refractivity contribution in [3.05, 3.63) is 28.7 Å². The average Bonchev–Trinajstić information content (AvgIpc) is 3.03. The number of fused-ring (bicyclic) bond motifs is 1. The van der Waals surface area contributed by atoms with Gasteiger partial charge in [0.15, 0.2) is 0 Å². The molecule has 1 atom stereocenters. The van der Waals surface area contributed by atoms with E-state index in [2.05, 4.69) is 27.1 Å². The molecule has 1 aliphatic heterocycles. The van der Waals surface area contributed by atoms with Crippen molar-refractivity contribution in [3.8, 4) is 0 Å². The molecular formula is C18H26N4O3S. The van der Waals surface area contributed by atoms with Crippen molar-refractivity contribution >= 4 is 34.5 Å². The van der Waals surface area contributed by atoms with Gasteiger partial charge < -0.3 is 20.0 Å². The van der Waals surface area contributed by atoms with Crippen molar-refractivity contribution in [2.24, 2.45) is 0 Å². The maximum Gasteiger partial charge on any atom is 0.324 e. The van der Waals surface area contributed by atoms with E-state index in [9.17, 15) is 9.59 Å². The van der Waals surface area contributed by atoms with E-state index >= 15 is 0 Å². The highest BCUT2D eigenvalue weighted by atomic mass is 32.2. The molecule has 1 aliphatic rings. The number of H-pyrrole nitrogens is 2. The molecule has 0 amide bonds. The Balaban J connectivity index is 1.56. The minimum absolute atomic E-state index is 0.125. The Morgan fingerprint density at radius 1 is 1.35 bits per heavy atom. The molecule has 3 rings (SSSR count). The molecule has 0 spiro atoms. The third kappa shape index (κ3) is 4.82.